The van der Waals surface area contributed by atoms with Gasteiger partial charge in [0, 0.05) is 29.9 Å². The Balaban J connectivity index is 1.27. The molecule has 1 heterocycles. The van der Waals surface area contributed by atoms with Crippen LogP contribution in [0.5, 0.6) is 5.75 Å². The van der Waals surface area contributed by atoms with E-state index in [2.05, 4.69) is 86.4 Å². The number of hydrogen-bond acceptors (Lipinski definition) is 4. The highest BCUT2D eigenvalue weighted by atomic mass is 16.5. The summed E-state index contributed by atoms with van der Waals surface area (Å²) < 4.78 is 7.52. The second-order valence-electron chi connectivity index (χ2n) is 15.2. The molecule has 2 bridgehead atoms. The molecule has 4 aliphatic carbocycles. The monoisotopic (exact) mass is 611 g/mol. The number of nitrogens with zero attached hydrogens (tertiary/aromatic N) is 3. The van der Waals surface area contributed by atoms with Crippen LogP contribution >= 0.6 is 0 Å². The molecule has 2 aromatic carbocycles. The Kier molecular flexibility index (Phi) is 8.34. The van der Waals surface area contributed by atoms with Crippen LogP contribution < -0.4 is 9.64 Å². The number of carbonyl (C=O) groups excluding carboxylic acids is 1. The Morgan fingerprint density at radius 3 is 2.20 bits per heavy atom. The van der Waals surface area contributed by atoms with E-state index < -0.39 is 5.97 Å². The summed E-state index contributed by atoms with van der Waals surface area (Å²) in [6, 6.07) is 15.1. The van der Waals surface area contributed by atoms with Crippen molar-refractivity contribution < 1.29 is 19.4 Å². The zero-order valence-corrected chi connectivity index (χ0v) is 27.6. The first-order chi connectivity index (χ1) is 21.4. The highest BCUT2D eigenvalue weighted by Crippen LogP contribution is 2.58. The number of methoxy groups -OCH3 is 1. The van der Waals surface area contributed by atoms with E-state index >= 15 is 0 Å². The average Bonchev–Trinajstić information content (AvgIpc) is 3.56. The van der Waals surface area contributed by atoms with Crippen molar-refractivity contribution in [1.29, 1.82) is 0 Å². The van der Waals surface area contributed by atoms with Crippen LogP contribution in [-0.4, -0.2) is 40.4 Å². The molecule has 0 atom stereocenters. The van der Waals surface area contributed by atoms with E-state index in [-0.39, 0.29) is 34.1 Å². The number of amides is 1. The number of aryl methyl sites for hydroxylation is 1. The Bertz CT molecular complexity index is 1530. The quantitative estimate of drug-likeness (QED) is 0.278. The second-order valence-corrected chi connectivity index (χ2v) is 15.2. The third-order valence-electron chi connectivity index (χ3n) is 11.4. The maximum absolute atomic E-state index is 14.4. The predicted molar refractivity (Wildman–Crippen MR) is 178 cm³/mol. The molecule has 0 unspecified atom stereocenters. The Morgan fingerprint density at radius 1 is 0.956 bits per heavy atom. The van der Waals surface area contributed by atoms with Crippen molar-refractivity contribution in [2.75, 3.05) is 18.6 Å². The van der Waals surface area contributed by atoms with Crippen molar-refractivity contribution in [3.05, 3.63) is 66.0 Å². The first-order valence-corrected chi connectivity index (χ1v) is 16.8. The Labute approximate surface area is 268 Å². The van der Waals surface area contributed by atoms with Gasteiger partial charge in [-0.3, -0.25) is 14.3 Å². The predicted octanol–water partition coefficient (Wildman–Crippen LogP) is 8.14. The molecule has 3 aromatic rings. The number of aliphatic carboxylic acids is 1. The summed E-state index contributed by atoms with van der Waals surface area (Å²) in [5.41, 5.74) is 5.82. The van der Waals surface area contributed by atoms with Crippen LogP contribution in [0.25, 0.3) is 11.1 Å². The van der Waals surface area contributed by atoms with Crippen LogP contribution in [-0.2, 0) is 20.5 Å². The number of carboxylic acids is 1. The fourth-order valence-electron chi connectivity index (χ4n) is 8.27. The number of fused-ring (bicyclic) bond motifs is 3. The largest absolute Gasteiger partial charge is 0.496 e. The minimum atomic E-state index is -0.736. The number of carboxylic acid groups (broad SMARTS) is 1. The molecule has 0 saturated heterocycles. The molecule has 7 heteroatoms. The van der Waals surface area contributed by atoms with Gasteiger partial charge in [-0.25, -0.2) is 0 Å². The van der Waals surface area contributed by atoms with Crippen molar-refractivity contribution in [1.82, 2.24) is 9.78 Å². The summed E-state index contributed by atoms with van der Waals surface area (Å²) in [7, 11) is 1.73. The summed E-state index contributed by atoms with van der Waals surface area (Å²) >= 11 is 0. The van der Waals surface area contributed by atoms with Gasteiger partial charge in [0.15, 0.2) is 0 Å². The molecule has 4 aliphatic rings. The van der Waals surface area contributed by atoms with E-state index in [1.807, 2.05) is 10.9 Å². The molecule has 240 valence electrons. The van der Waals surface area contributed by atoms with Gasteiger partial charge in [-0.15, -0.1) is 0 Å². The Hall–Kier alpha value is -3.61. The van der Waals surface area contributed by atoms with Crippen LogP contribution in [0.1, 0.15) is 96.1 Å². The molecule has 0 spiro atoms. The number of carbonyl (C=O) groups is 2. The van der Waals surface area contributed by atoms with E-state index in [0.717, 1.165) is 61.1 Å². The number of benzene rings is 2. The van der Waals surface area contributed by atoms with Gasteiger partial charge < -0.3 is 14.7 Å². The first-order valence-electron chi connectivity index (χ1n) is 16.8. The van der Waals surface area contributed by atoms with Gasteiger partial charge in [0.1, 0.15) is 5.75 Å². The van der Waals surface area contributed by atoms with Crippen molar-refractivity contribution in [3.8, 4) is 16.9 Å². The van der Waals surface area contributed by atoms with Crippen LogP contribution in [0.15, 0.2) is 54.9 Å². The summed E-state index contributed by atoms with van der Waals surface area (Å²) in [5.74, 6) is -0.118. The molecule has 4 fully saturated rings. The summed E-state index contributed by atoms with van der Waals surface area (Å²) in [4.78, 5) is 28.2. The minimum absolute atomic E-state index is 0.0876. The normalized spacial score (nSPS) is 26.4. The highest BCUT2D eigenvalue weighted by molar-refractivity contribution is 5.96. The van der Waals surface area contributed by atoms with Crippen molar-refractivity contribution in [3.63, 3.8) is 0 Å². The van der Waals surface area contributed by atoms with Gasteiger partial charge in [0.25, 0.3) is 0 Å². The molecule has 0 radical (unpaired) electrons. The molecule has 4 saturated carbocycles. The lowest BCUT2D eigenvalue weighted by Gasteiger charge is -2.55. The van der Waals surface area contributed by atoms with E-state index in [1.54, 1.807) is 7.11 Å². The number of aromatic nitrogens is 2. The maximum atomic E-state index is 14.4. The molecule has 0 aliphatic heterocycles. The highest BCUT2D eigenvalue weighted by Gasteiger charge is 2.50. The average molecular weight is 612 g/mol. The van der Waals surface area contributed by atoms with E-state index in [4.69, 9.17) is 4.74 Å². The zero-order valence-electron chi connectivity index (χ0n) is 27.6. The third-order valence-corrected chi connectivity index (χ3v) is 11.4. The Morgan fingerprint density at radius 2 is 1.62 bits per heavy atom. The third kappa shape index (κ3) is 6.15. The van der Waals surface area contributed by atoms with Gasteiger partial charge in [-0.1, -0.05) is 24.3 Å². The van der Waals surface area contributed by atoms with Crippen LogP contribution in [0.2, 0.25) is 0 Å². The molecule has 7 nitrogen and oxygen atoms in total. The van der Waals surface area contributed by atoms with Crippen molar-refractivity contribution in [2.24, 2.45) is 17.3 Å². The van der Waals surface area contributed by atoms with Gasteiger partial charge in [0.05, 0.1) is 24.8 Å². The fraction of sp³-hybridized carbons (Fsp3) is 0.553. The molecular formula is C38H49N3O4. The smallest absolute Gasteiger partial charge is 0.306 e. The lowest BCUT2D eigenvalue weighted by Crippen LogP contribution is -2.51. The topological polar surface area (TPSA) is 84.7 Å². The minimum Gasteiger partial charge on any atom is -0.496 e. The van der Waals surface area contributed by atoms with Crippen molar-refractivity contribution >= 4 is 17.6 Å². The van der Waals surface area contributed by atoms with E-state index in [0.29, 0.717) is 32.2 Å². The van der Waals surface area contributed by atoms with Gasteiger partial charge in [-0.05, 0) is 138 Å². The SMILES string of the molecule is COc1ccc(C23CCC(CN(c4cccc(-c5cnn(C(C)(C)C)c5)c4)C(=O)[C@H]4CC[C@H](C(=O)O)CC4)(CC2)CC3)cc1C. The lowest BCUT2D eigenvalue weighted by molar-refractivity contribution is -0.144. The van der Waals surface area contributed by atoms with Crippen molar-refractivity contribution in [2.45, 2.75) is 103 Å². The number of hydrogen-bond donors (Lipinski definition) is 1. The van der Waals surface area contributed by atoms with Gasteiger partial charge in [-0.2, -0.15) is 5.10 Å². The molecular weight excluding hydrogens is 562 g/mol. The zero-order chi connectivity index (χ0) is 32.0. The fourth-order valence-corrected chi connectivity index (χ4v) is 8.27. The standard InChI is InChI=1S/C38H49N3O4/c1-26-21-31(13-14-33(26)45-5)38-18-15-37(16-19-38,17-20-38)25-40(34(42)27-9-11-28(12-10-27)35(43)44)32-8-6-7-29(22-32)30-23-39-41(24-30)36(2,3)4/h6-8,13-14,21-24,27-28H,9-12,15-20,25H2,1-5H3,(H,43,44)/t27-,28-,37?,38?. The van der Waals surface area contributed by atoms with Crippen LogP contribution in [0.3, 0.4) is 0 Å². The number of ether oxygens (including phenoxy) is 1. The molecule has 7 rings (SSSR count). The summed E-state index contributed by atoms with van der Waals surface area (Å²) in [6.45, 7) is 9.26. The maximum Gasteiger partial charge on any atom is 0.306 e. The summed E-state index contributed by atoms with van der Waals surface area (Å²) in [6.07, 6.45) is 13.1. The molecule has 1 aromatic heterocycles. The summed E-state index contributed by atoms with van der Waals surface area (Å²) in [5, 5.41) is 14.2. The first kappa shape index (κ1) is 31.4. The number of anilines is 1. The van der Waals surface area contributed by atoms with Gasteiger partial charge in [0.2, 0.25) is 5.91 Å². The van der Waals surface area contributed by atoms with E-state index in [1.165, 1.54) is 11.1 Å². The van der Waals surface area contributed by atoms with Crippen LogP contribution in [0, 0.1) is 24.2 Å². The van der Waals surface area contributed by atoms with Crippen LogP contribution in [0.4, 0.5) is 5.69 Å². The lowest BCUT2D eigenvalue weighted by atomic mass is 9.51. The van der Waals surface area contributed by atoms with Gasteiger partial charge >= 0.3 is 5.97 Å². The molecule has 45 heavy (non-hydrogen) atoms. The molecule has 1 amide bonds. The molecule has 1 N–H and O–H groups in total. The van der Waals surface area contributed by atoms with E-state index in [9.17, 15) is 14.7 Å². The number of rotatable bonds is 8. The second kappa shape index (κ2) is 12.0.